The van der Waals surface area contributed by atoms with Gasteiger partial charge < -0.3 is 5.32 Å². The van der Waals surface area contributed by atoms with Crippen molar-refractivity contribution in [3.05, 3.63) is 50.4 Å². The van der Waals surface area contributed by atoms with Crippen LogP contribution >= 0.6 is 27.3 Å². The lowest BCUT2D eigenvalue weighted by Crippen LogP contribution is -2.19. The zero-order valence-electron chi connectivity index (χ0n) is 9.90. The van der Waals surface area contributed by atoms with Crippen LogP contribution in [-0.4, -0.2) is 12.0 Å². The lowest BCUT2D eigenvalue weighted by Gasteiger charge is -2.18. The third-order valence-corrected chi connectivity index (χ3v) is 4.14. The van der Waals surface area contributed by atoms with Gasteiger partial charge in [-0.25, -0.2) is 0 Å². The Morgan fingerprint density at radius 3 is 2.88 bits per heavy atom. The Balaban J connectivity index is 2.23. The van der Waals surface area contributed by atoms with Gasteiger partial charge in [0.15, 0.2) is 0 Å². The minimum atomic E-state index is 0.351. The van der Waals surface area contributed by atoms with E-state index in [1.54, 1.807) is 11.3 Å². The Kier molecular flexibility index (Phi) is 4.31. The van der Waals surface area contributed by atoms with Gasteiger partial charge in [0, 0.05) is 28.0 Å². The molecule has 90 valence electrons. The Morgan fingerprint density at radius 1 is 1.47 bits per heavy atom. The number of rotatable bonds is 4. The third-order valence-electron chi connectivity index (χ3n) is 2.84. The van der Waals surface area contributed by atoms with E-state index in [0.717, 1.165) is 10.9 Å². The van der Waals surface area contributed by atoms with Crippen molar-refractivity contribution >= 4 is 27.3 Å². The number of nitrogens with zero attached hydrogens (tertiary/aromatic N) is 1. The number of aromatic nitrogens is 1. The molecule has 4 heteroatoms. The first-order chi connectivity index (χ1) is 8.20. The van der Waals surface area contributed by atoms with Gasteiger partial charge in [-0.1, -0.05) is 22.0 Å². The molecule has 1 unspecified atom stereocenters. The Labute approximate surface area is 114 Å². The minimum absolute atomic E-state index is 0.351. The fourth-order valence-corrected chi connectivity index (χ4v) is 3.06. The first-order valence-corrected chi connectivity index (χ1v) is 7.18. The topological polar surface area (TPSA) is 24.9 Å². The summed E-state index contributed by atoms with van der Waals surface area (Å²) in [5, 5.41) is 3.38. The summed E-state index contributed by atoms with van der Waals surface area (Å²) in [6, 6.07) is 6.79. The van der Waals surface area contributed by atoms with Gasteiger partial charge in [0.25, 0.3) is 0 Å². The van der Waals surface area contributed by atoms with Crippen LogP contribution in [0.5, 0.6) is 0 Å². The standard InChI is InChI=1S/C13H15BrN2S/c1-9-5-10(14)3-4-12(9)13(15-2)6-11-7-16-8-17-11/h3-5,7-8,13,15H,6H2,1-2H3. The molecule has 0 bridgehead atoms. The number of benzene rings is 1. The lowest BCUT2D eigenvalue weighted by atomic mass is 9.98. The van der Waals surface area contributed by atoms with Crippen molar-refractivity contribution in [3.8, 4) is 0 Å². The second-order valence-electron chi connectivity index (χ2n) is 4.01. The van der Waals surface area contributed by atoms with Crippen molar-refractivity contribution < 1.29 is 0 Å². The molecule has 1 heterocycles. The van der Waals surface area contributed by atoms with Crippen LogP contribution in [0, 0.1) is 6.92 Å². The van der Waals surface area contributed by atoms with E-state index in [4.69, 9.17) is 0 Å². The van der Waals surface area contributed by atoms with Crippen LogP contribution in [0.25, 0.3) is 0 Å². The monoisotopic (exact) mass is 310 g/mol. The summed E-state index contributed by atoms with van der Waals surface area (Å²) in [5.74, 6) is 0. The molecule has 0 fully saturated rings. The van der Waals surface area contributed by atoms with Crippen molar-refractivity contribution in [2.75, 3.05) is 7.05 Å². The van der Waals surface area contributed by atoms with E-state index in [9.17, 15) is 0 Å². The minimum Gasteiger partial charge on any atom is -0.313 e. The van der Waals surface area contributed by atoms with Gasteiger partial charge in [-0.05, 0) is 37.2 Å². The van der Waals surface area contributed by atoms with Crippen molar-refractivity contribution in [2.45, 2.75) is 19.4 Å². The molecule has 2 rings (SSSR count). The van der Waals surface area contributed by atoms with E-state index in [1.807, 2.05) is 18.8 Å². The van der Waals surface area contributed by atoms with Crippen LogP contribution < -0.4 is 5.32 Å². The van der Waals surface area contributed by atoms with Crippen LogP contribution in [0.3, 0.4) is 0 Å². The maximum atomic E-state index is 4.12. The number of halogens is 1. The summed E-state index contributed by atoms with van der Waals surface area (Å²) in [7, 11) is 2.01. The molecule has 0 spiro atoms. The molecule has 0 saturated heterocycles. The zero-order chi connectivity index (χ0) is 12.3. The highest BCUT2D eigenvalue weighted by atomic mass is 79.9. The summed E-state index contributed by atoms with van der Waals surface area (Å²) in [6.07, 6.45) is 2.94. The predicted molar refractivity (Wildman–Crippen MR) is 76.5 cm³/mol. The molecule has 2 nitrogen and oxygen atoms in total. The van der Waals surface area contributed by atoms with E-state index in [0.29, 0.717) is 6.04 Å². The van der Waals surface area contributed by atoms with Crippen LogP contribution in [-0.2, 0) is 6.42 Å². The average Bonchev–Trinajstić information content (AvgIpc) is 2.79. The van der Waals surface area contributed by atoms with Gasteiger partial charge in [-0.15, -0.1) is 11.3 Å². The quantitative estimate of drug-likeness (QED) is 0.931. The fraction of sp³-hybridized carbons (Fsp3) is 0.308. The Hall–Kier alpha value is -0.710. The number of aryl methyl sites for hydroxylation is 1. The number of likely N-dealkylation sites (N-methyl/N-ethyl adjacent to an activating group) is 1. The Bertz CT molecular complexity index is 482. The van der Waals surface area contributed by atoms with Crippen LogP contribution in [0.4, 0.5) is 0 Å². The maximum Gasteiger partial charge on any atom is 0.0794 e. The summed E-state index contributed by atoms with van der Waals surface area (Å²) >= 11 is 5.21. The molecule has 0 aliphatic heterocycles. The van der Waals surface area contributed by atoms with E-state index >= 15 is 0 Å². The van der Waals surface area contributed by atoms with Gasteiger partial charge in [0.1, 0.15) is 0 Å². The second-order valence-corrected chi connectivity index (χ2v) is 5.90. The molecule has 0 aliphatic rings. The third kappa shape index (κ3) is 3.15. The molecule has 2 aromatic rings. The second kappa shape index (κ2) is 5.76. The van der Waals surface area contributed by atoms with Crippen molar-refractivity contribution in [1.29, 1.82) is 0 Å². The van der Waals surface area contributed by atoms with Crippen molar-refractivity contribution in [2.24, 2.45) is 0 Å². The highest BCUT2D eigenvalue weighted by Gasteiger charge is 2.13. The van der Waals surface area contributed by atoms with Gasteiger partial charge in [0.2, 0.25) is 0 Å². The molecule has 1 aromatic heterocycles. The number of thiazole rings is 1. The van der Waals surface area contributed by atoms with Gasteiger partial charge >= 0.3 is 0 Å². The van der Waals surface area contributed by atoms with E-state index < -0.39 is 0 Å². The van der Waals surface area contributed by atoms with Crippen LogP contribution in [0.15, 0.2) is 34.4 Å². The molecule has 0 saturated carbocycles. The highest BCUT2D eigenvalue weighted by molar-refractivity contribution is 9.10. The number of hydrogen-bond donors (Lipinski definition) is 1. The summed E-state index contributed by atoms with van der Waals surface area (Å²) < 4.78 is 1.13. The largest absolute Gasteiger partial charge is 0.313 e. The maximum absolute atomic E-state index is 4.12. The van der Waals surface area contributed by atoms with E-state index in [1.165, 1.54) is 16.0 Å². The smallest absolute Gasteiger partial charge is 0.0794 e. The normalized spacial score (nSPS) is 12.6. The first-order valence-electron chi connectivity index (χ1n) is 5.51. The van der Waals surface area contributed by atoms with Crippen LogP contribution in [0.2, 0.25) is 0 Å². The molecule has 0 radical (unpaired) electrons. The van der Waals surface area contributed by atoms with Gasteiger partial charge in [0.05, 0.1) is 5.51 Å². The molecule has 17 heavy (non-hydrogen) atoms. The number of nitrogens with one attached hydrogen (secondary N) is 1. The van der Waals surface area contributed by atoms with Crippen molar-refractivity contribution in [1.82, 2.24) is 10.3 Å². The summed E-state index contributed by atoms with van der Waals surface area (Å²) in [6.45, 7) is 2.15. The molecular weight excluding hydrogens is 296 g/mol. The summed E-state index contributed by atoms with van der Waals surface area (Å²) in [5.41, 5.74) is 4.54. The average molecular weight is 311 g/mol. The predicted octanol–water partition coefficient (Wildman–Crippen LogP) is 3.72. The van der Waals surface area contributed by atoms with Gasteiger partial charge in [-0.2, -0.15) is 0 Å². The van der Waals surface area contributed by atoms with Gasteiger partial charge in [-0.3, -0.25) is 4.98 Å². The molecule has 1 N–H and O–H groups in total. The SMILES string of the molecule is CNC(Cc1cncs1)c1ccc(Br)cc1C. The summed E-state index contributed by atoms with van der Waals surface area (Å²) in [4.78, 5) is 5.43. The zero-order valence-corrected chi connectivity index (χ0v) is 12.3. The molecule has 0 aliphatic carbocycles. The highest BCUT2D eigenvalue weighted by Crippen LogP contribution is 2.25. The van der Waals surface area contributed by atoms with E-state index in [-0.39, 0.29) is 0 Å². The molecule has 1 aromatic carbocycles. The lowest BCUT2D eigenvalue weighted by molar-refractivity contribution is 0.593. The molecular formula is C13H15BrN2S. The molecule has 1 atom stereocenters. The fourth-order valence-electron chi connectivity index (χ4n) is 1.94. The van der Waals surface area contributed by atoms with Crippen LogP contribution in [0.1, 0.15) is 22.0 Å². The van der Waals surface area contributed by atoms with Crippen molar-refractivity contribution in [3.63, 3.8) is 0 Å². The van der Waals surface area contributed by atoms with E-state index in [2.05, 4.69) is 51.4 Å². The first kappa shape index (κ1) is 12.7. The number of hydrogen-bond acceptors (Lipinski definition) is 3. The Morgan fingerprint density at radius 2 is 2.29 bits per heavy atom. The molecule has 0 amide bonds.